The van der Waals surface area contributed by atoms with E-state index in [9.17, 15) is 9.59 Å². The maximum Gasteiger partial charge on any atom is 0.253 e. The van der Waals surface area contributed by atoms with Gasteiger partial charge in [-0.15, -0.1) is 0 Å². The number of nitrogens with one attached hydrogen (secondary N) is 2. The highest BCUT2D eigenvalue weighted by Gasteiger charge is 2.39. The van der Waals surface area contributed by atoms with Gasteiger partial charge in [-0.3, -0.25) is 9.59 Å². The molecule has 0 unspecified atom stereocenters. The zero-order chi connectivity index (χ0) is 16.4. The number of nitrogens with zero attached hydrogens (tertiary/aromatic N) is 1. The minimum absolute atomic E-state index is 0.101. The van der Waals surface area contributed by atoms with Gasteiger partial charge in [0.2, 0.25) is 5.91 Å². The van der Waals surface area contributed by atoms with Gasteiger partial charge in [0.25, 0.3) is 5.91 Å². The Labute approximate surface area is 139 Å². The Kier molecular flexibility index (Phi) is 4.32. The topological polar surface area (TPSA) is 61.4 Å². The van der Waals surface area contributed by atoms with Crippen LogP contribution in [0.2, 0.25) is 5.02 Å². The van der Waals surface area contributed by atoms with Gasteiger partial charge >= 0.3 is 0 Å². The summed E-state index contributed by atoms with van der Waals surface area (Å²) in [4.78, 5) is 25.8. The number of hydrogen-bond donors (Lipinski definition) is 2. The number of carbonyl (C=O) groups excluding carboxylic acids is 2. The molecule has 2 amide bonds. The van der Waals surface area contributed by atoms with E-state index < -0.39 is 6.04 Å². The van der Waals surface area contributed by atoms with E-state index in [0.29, 0.717) is 10.7 Å². The third-order valence-electron chi connectivity index (χ3n) is 3.66. The summed E-state index contributed by atoms with van der Waals surface area (Å²) in [6.07, 6.45) is 0.101. The molecule has 5 nitrogen and oxygen atoms in total. The minimum atomic E-state index is -0.609. The Morgan fingerprint density at radius 2 is 1.87 bits per heavy atom. The van der Waals surface area contributed by atoms with E-state index in [2.05, 4.69) is 10.9 Å². The summed E-state index contributed by atoms with van der Waals surface area (Å²) in [6, 6.07) is 13.8. The monoisotopic (exact) mass is 329 g/mol. The molecule has 2 N–H and O–H groups in total. The number of aryl methyl sites for hydroxylation is 1. The van der Waals surface area contributed by atoms with E-state index in [1.165, 1.54) is 4.90 Å². The fourth-order valence-corrected chi connectivity index (χ4v) is 2.62. The van der Waals surface area contributed by atoms with E-state index in [1.54, 1.807) is 24.3 Å². The third kappa shape index (κ3) is 3.36. The number of rotatable bonds is 4. The summed E-state index contributed by atoms with van der Waals surface area (Å²) in [6.45, 7) is 2.00. The quantitative estimate of drug-likeness (QED) is 0.669. The molecule has 118 valence electrons. The first kappa shape index (κ1) is 15.5. The summed E-state index contributed by atoms with van der Waals surface area (Å²) >= 11 is 5.93. The van der Waals surface area contributed by atoms with Gasteiger partial charge in [-0.1, -0.05) is 35.4 Å². The standard InChI is InChI=1S/C17H16ClN3O2/c1-11-5-7-13(8-6-11)19-20-15-10-16(22)21(17(15)23)14-4-2-3-12(18)9-14/h2-9,15,19-20H,10H2,1H3/t15-/m0/s1. The van der Waals surface area contributed by atoms with E-state index in [0.717, 1.165) is 11.3 Å². The minimum Gasteiger partial charge on any atom is -0.321 e. The fraction of sp³-hybridized carbons (Fsp3) is 0.176. The molecule has 0 radical (unpaired) electrons. The number of hydrogen-bond acceptors (Lipinski definition) is 4. The summed E-state index contributed by atoms with van der Waals surface area (Å²) < 4.78 is 0. The average molecular weight is 330 g/mol. The van der Waals surface area contributed by atoms with Crippen molar-refractivity contribution in [2.24, 2.45) is 0 Å². The lowest BCUT2D eigenvalue weighted by Gasteiger charge is -2.16. The number of benzene rings is 2. The van der Waals surface area contributed by atoms with E-state index >= 15 is 0 Å². The summed E-state index contributed by atoms with van der Waals surface area (Å²) in [5.41, 5.74) is 8.36. The van der Waals surface area contributed by atoms with Crippen LogP contribution >= 0.6 is 11.6 Å². The maximum atomic E-state index is 12.5. The first-order valence-corrected chi connectivity index (χ1v) is 7.63. The molecule has 1 saturated heterocycles. The predicted octanol–water partition coefficient (Wildman–Crippen LogP) is 2.90. The second-order valence-corrected chi connectivity index (χ2v) is 5.88. The molecule has 6 heteroatoms. The Bertz CT molecular complexity index is 746. The molecule has 1 fully saturated rings. The van der Waals surface area contributed by atoms with Crippen LogP contribution in [0.1, 0.15) is 12.0 Å². The molecule has 23 heavy (non-hydrogen) atoms. The van der Waals surface area contributed by atoms with Gasteiger partial charge in [0, 0.05) is 10.7 Å². The summed E-state index contributed by atoms with van der Waals surface area (Å²) in [5, 5.41) is 0.484. The molecule has 0 saturated carbocycles. The van der Waals surface area contributed by atoms with Crippen LogP contribution in [0, 0.1) is 6.92 Å². The summed E-state index contributed by atoms with van der Waals surface area (Å²) in [5.74, 6) is -0.544. The number of amides is 2. The molecule has 2 aromatic carbocycles. The van der Waals surface area contributed by atoms with Crippen molar-refractivity contribution in [1.82, 2.24) is 5.43 Å². The fourth-order valence-electron chi connectivity index (χ4n) is 2.44. The Morgan fingerprint density at radius 3 is 2.57 bits per heavy atom. The largest absolute Gasteiger partial charge is 0.321 e. The highest BCUT2D eigenvalue weighted by molar-refractivity contribution is 6.31. The molecule has 0 bridgehead atoms. The van der Waals surface area contributed by atoms with Crippen LogP contribution in [0.4, 0.5) is 11.4 Å². The molecule has 1 heterocycles. The molecular weight excluding hydrogens is 314 g/mol. The van der Waals surface area contributed by atoms with Gasteiger partial charge in [0.05, 0.1) is 12.1 Å². The Balaban J connectivity index is 1.70. The molecule has 3 rings (SSSR count). The molecule has 2 aromatic rings. The van der Waals surface area contributed by atoms with Crippen LogP contribution in [-0.4, -0.2) is 17.9 Å². The van der Waals surface area contributed by atoms with Crippen LogP contribution in [0.3, 0.4) is 0 Å². The highest BCUT2D eigenvalue weighted by atomic mass is 35.5. The molecule has 1 atom stereocenters. The molecule has 0 aliphatic carbocycles. The second-order valence-electron chi connectivity index (χ2n) is 5.44. The number of carbonyl (C=O) groups is 2. The van der Waals surface area contributed by atoms with E-state index in [1.807, 2.05) is 31.2 Å². The Hall–Kier alpha value is -2.37. The number of halogens is 1. The lowest BCUT2D eigenvalue weighted by molar-refractivity contribution is -0.121. The first-order valence-electron chi connectivity index (χ1n) is 7.25. The van der Waals surface area contributed by atoms with Crippen molar-refractivity contribution < 1.29 is 9.59 Å². The molecule has 0 spiro atoms. The SMILES string of the molecule is Cc1ccc(NN[C@H]2CC(=O)N(c3cccc(Cl)c3)C2=O)cc1. The molecule has 0 aromatic heterocycles. The van der Waals surface area contributed by atoms with Crippen LogP contribution in [0.25, 0.3) is 0 Å². The predicted molar refractivity (Wildman–Crippen MR) is 90.3 cm³/mol. The van der Waals surface area contributed by atoms with Crippen LogP contribution in [0.15, 0.2) is 48.5 Å². The third-order valence-corrected chi connectivity index (χ3v) is 3.89. The van der Waals surface area contributed by atoms with Crippen LogP contribution in [-0.2, 0) is 9.59 Å². The van der Waals surface area contributed by atoms with Crippen molar-refractivity contribution >= 4 is 34.8 Å². The normalized spacial score (nSPS) is 17.7. The van der Waals surface area contributed by atoms with Gasteiger partial charge in [0.1, 0.15) is 6.04 Å². The lowest BCUT2D eigenvalue weighted by atomic mass is 10.2. The molecule has 1 aliphatic heterocycles. The van der Waals surface area contributed by atoms with Crippen molar-refractivity contribution in [2.75, 3.05) is 10.3 Å². The number of anilines is 2. The van der Waals surface area contributed by atoms with Gasteiger partial charge in [-0.05, 0) is 37.3 Å². The Morgan fingerprint density at radius 1 is 1.13 bits per heavy atom. The van der Waals surface area contributed by atoms with Gasteiger partial charge in [0.15, 0.2) is 0 Å². The van der Waals surface area contributed by atoms with Gasteiger partial charge in [-0.2, -0.15) is 0 Å². The van der Waals surface area contributed by atoms with Crippen LogP contribution < -0.4 is 15.8 Å². The molecular formula is C17H16ClN3O2. The van der Waals surface area contributed by atoms with E-state index in [4.69, 9.17) is 11.6 Å². The van der Waals surface area contributed by atoms with Crippen LogP contribution in [0.5, 0.6) is 0 Å². The van der Waals surface area contributed by atoms with Crippen molar-refractivity contribution in [3.05, 3.63) is 59.1 Å². The summed E-state index contributed by atoms with van der Waals surface area (Å²) in [7, 11) is 0. The van der Waals surface area contributed by atoms with Crippen molar-refractivity contribution in [3.8, 4) is 0 Å². The highest BCUT2D eigenvalue weighted by Crippen LogP contribution is 2.25. The van der Waals surface area contributed by atoms with E-state index in [-0.39, 0.29) is 18.2 Å². The van der Waals surface area contributed by atoms with Crippen molar-refractivity contribution in [1.29, 1.82) is 0 Å². The van der Waals surface area contributed by atoms with Gasteiger partial charge < -0.3 is 5.43 Å². The zero-order valence-corrected chi connectivity index (χ0v) is 13.3. The number of imide groups is 1. The van der Waals surface area contributed by atoms with Gasteiger partial charge in [-0.25, -0.2) is 10.3 Å². The average Bonchev–Trinajstić information content (AvgIpc) is 2.81. The molecule has 1 aliphatic rings. The number of hydrazine groups is 1. The smallest absolute Gasteiger partial charge is 0.253 e. The second kappa shape index (κ2) is 6.40. The lowest BCUT2D eigenvalue weighted by Crippen LogP contribution is -2.41. The zero-order valence-electron chi connectivity index (χ0n) is 12.5. The first-order chi connectivity index (χ1) is 11.0. The van der Waals surface area contributed by atoms with Crippen molar-refractivity contribution in [3.63, 3.8) is 0 Å². The van der Waals surface area contributed by atoms with Crippen molar-refractivity contribution in [2.45, 2.75) is 19.4 Å². The maximum absolute atomic E-state index is 12.5.